The zero-order valence-electron chi connectivity index (χ0n) is 15.7. The Morgan fingerprint density at radius 2 is 2.00 bits per heavy atom. The van der Waals surface area contributed by atoms with E-state index < -0.39 is 10.8 Å². The lowest BCUT2D eigenvalue weighted by Crippen LogP contribution is -2.12. The van der Waals surface area contributed by atoms with E-state index in [-0.39, 0.29) is 17.0 Å². The summed E-state index contributed by atoms with van der Waals surface area (Å²) in [7, 11) is 0. The molecule has 0 unspecified atom stereocenters. The maximum Gasteiger partial charge on any atom is 0.311 e. The average Bonchev–Trinajstić information content (AvgIpc) is 2.74. The van der Waals surface area contributed by atoms with E-state index in [1.54, 1.807) is 37.0 Å². The smallest absolute Gasteiger partial charge is 0.311 e. The van der Waals surface area contributed by atoms with Crippen molar-refractivity contribution in [2.24, 2.45) is 0 Å². The number of anilines is 1. The molecule has 1 N–H and O–H groups in total. The molecule has 0 fully saturated rings. The molecule has 0 aliphatic heterocycles. The van der Waals surface area contributed by atoms with Crippen molar-refractivity contribution < 1.29 is 14.5 Å². The van der Waals surface area contributed by atoms with E-state index in [0.29, 0.717) is 12.3 Å². The van der Waals surface area contributed by atoms with E-state index in [0.717, 1.165) is 16.2 Å². The number of pyridine rings is 1. The summed E-state index contributed by atoms with van der Waals surface area (Å²) < 4.78 is 5.24. The van der Waals surface area contributed by atoms with Gasteiger partial charge in [0, 0.05) is 40.4 Å². The van der Waals surface area contributed by atoms with Crippen LogP contribution in [0.2, 0.25) is 0 Å². The fourth-order valence-corrected chi connectivity index (χ4v) is 3.40. The molecular formula is C21H19N3O4S. The summed E-state index contributed by atoms with van der Waals surface area (Å²) >= 11 is 1.67. The number of rotatable bonds is 8. The molecule has 0 aliphatic rings. The second-order valence-electron chi connectivity index (χ2n) is 6.00. The van der Waals surface area contributed by atoms with Gasteiger partial charge < -0.3 is 10.1 Å². The summed E-state index contributed by atoms with van der Waals surface area (Å²) in [4.78, 5) is 28.3. The zero-order chi connectivity index (χ0) is 20.6. The summed E-state index contributed by atoms with van der Waals surface area (Å²) in [6.07, 6.45) is 3.57. The number of carbonyl (C=O) groups is 1. The summed E-state index contributed by atoms with van der Waals surface area (Å²) in [5.41, 5.74) is 1.70. The number of thioether (sulfide) groups is 1. The highest BCUT2D eigenvalue weighted by Crippen LogP contribution is 2.29. The third-order valence-electron chi connectivity index (χ3n) is 3.96. The van der Waals surface area contributed by atoms with Gasteiger partial charge in [-0.1, -0.05) is 6.07 Å². The van der Waals surface area contributed by atoms with Gasteiger partial charge in [-0.25, -0.2) is 0 Å². The molecule has 3 rings (SSSR count). The highest BCUT2D eigenvalue weighted by atomic mass is 32.2. The van der Waals surface area contributed by atoms with Gasteiger partial charge >= 0.3 is 5.69 Å². The SMILES string of the molecule is CCOc1ccc(C(=O)Nc2ccc(SCc3cccnc3)cc2)cc1[N+](=O)[O-]. The van der Waals surface area contributed by atoms with E-state index in [4.69, 9.17) is 4.74 Å². The fraction of sp³-hybridized carbons (Fsp3) is 0.143. The topological polar surface area (TPSA) is 94.4 Å². The molecule has 29 heavy (non-hydrogen) atoms. The van der Waals surface area contributed by atoms with Crippen molar-refractivity contribution in [1.29, 1.82) is 0 Å². The van der Waals surface area contributed by atoms with Gasteiger partial charge in [0.15, 0.2) is 5.75 Å². The third kappa shape index (κ3) is 5.55. The number of amides is 1. The Balaban J connectivity index is 1.64. The Hall–Kier alpha value is -3.39. The summed E-state index contributed by atoms with van der Waals surface area (Å²) in [5.74, 6) is 0.519. The monoisotopic (exact) mass is 409 g/mol. The van der Waals surface area contributed by atoms with Crippen molar-refractivity contribution in [1.82, 2.24) is 4.98 Å². The Morgan fingerprint density at radius 1 is 1.21 bits per heavy atom. The Kier molecular flexibility index (Phi) is 6.80. The molecule has 1 aromatic heterocycles. The van der Waals surface area contributed by atoms with Crippen LogP contribution in [0.4, 0.5) is 11.4 Å². The lowest BCUT2D eigenvalue weighted by molar-refractivity contribution is -0.385. The van der Waals surface area contributed by atoms with Crippen molar-refractivity contribution in [3.05, 3.63) is 88.2 Å². The second-order valence-corrected chi connectivity index (χ2v) is 7.05. The lowest BCUT2D eigenvalue weighted by atomic mass is 10.1. The largest absolute Gasteiger partial charge is 0.487 e. The molecule has 7 nitrogen and oxygen atoms in total. The number of benzene rings is 2. The quantitative estimate of drug-likeness (QED) is 0.322. The maximum absolute atomic E-state index is 12.5. The number of hydrogen-bond donors (Lipinski definition) is 1. The van der Waals surface area contributed by atoms with Gasteiger partial charge in [0.05, 0.1) is 11.5 Å². The number of nitro groups is 1. The van der Waals surface area contributed by atoms with Gasteiger partial charge in [-0.3, -0.25) is 19.9 Å². The molecule has 3 aromatic rings. The molecule has 1 heterocycles. The van der Waals surface area contributed by atoms with Crippen LogP contribution in [0, 0.1) is 10.1 Å². The molecule has 148 valence electrons. The van der Waals surface area contributed by atoms with Crippen LogP contribution in [-0.4, -0.2) is 22.4 Å². The molecule has 0 bridgehead atoms. The number of aromatic nitrogens is 1. The molecule has 1 amide bonds. The maximum atomic E-state index is 12.5. The molecule has 0 atom stereocenters. The van der Waals surface area contributed by atoms with Crippen LogP contribution in [0.3, 0.4) is 0 Å². The average molecular weight is 409 g/mol. The molecule has 2 aromatic carbocycles. The Labute approximate surface area is 172 Å². The number of nitro benzene ring substituents is 1. The first-order valence-electron chi connectivity index (χ1n) is 8.91. The molecule has 0 saturated carbocycles. The molecule has 0 saturated heterocycles. The Bertz CT molecular complexity index is 995. The lowest BCUT2D eigenvalue weighted by Gasteiger charge is -2.08. The minimum absolute atomic E-state index is 0.143. The standard InChI is InChI=1S/C21H19N3O4S/c1-2-28-20-10-5-16(12-19(20)24(26)27)21(25)23-17-6-8-18(9-7-17)29-14-15-4-3-11-22-13-15/h3-13H,2,14H2,1H3,(H,23,25). The van der Waals surface area contributed by atoms with E-state index in [2.05, 4.69) is 10.3 Å². The first kappa shape index (κ1) is 20.3. The second kappa shape index (κ2) is 9.70. The van der Waals surface area contributed by atoms with Crippen molar-refractivity contribution in [2.75, 3.05) is 11.9 Å². The highest BCUT2D eigenvalue weighted by molar-refractivity contribution is 7.98. The van der Waals surface area contributed by atoms with Gasteiger partial charge in [-0.2, -0.15) is 0 Å². The Morgan fingerprint density at radius 3 is 2.66 bits per heavy atom. The number of nitrogens with zero attached hydrogens (tertiary/aromatic N) is 2. The molecule has 0 radical (unpaired) electrons. The number of hydrogen-bond acceptors (Lipinski definition) is 6. The third-order valence-corrected chi connectivity index (χ3v) is 5.04. The minimum Gasteiger partial charge on any atom is -0.487 e. The fourth-order valence-electron chi connectivity index (χ4n) is 2.57. The molecule has 0 aliphatic carbocycles. The summed E-state index contributed by atoms with van der Waals surface area (Å²) in [6, 6.07) is 15.5. The van der Waals surface area contributed by atoms with Gasteiger partial charge in [0.25, 0.3) is 5.91 Å². The van der Waals surface area contributed by atoms with Crippen molar-refractivity contribution in [3.63, 3.8) is 0 Å². The van der Waals surface area contributed by atoms with Gasteiger partial charge in [0.1, 0.15) is 0 Å². The van der Waals surface area contributed by atoms with Crippen LogP contribution in [-0.2, 0) is 5.75 Å². The van der Waals surface area contributed by atoms with Gasteiger partial charge in [0.2, 0.25) is 0 Å². The van der Waals surface area contributed by atoms with Gasteiger partial charge in [-0.15, -0.1) is 11.8 Å². The zero-order valence-corrected chi connectivity index (χ0v) is 16.5. The van der Waals surface area contributed by atoms with E-state index in [9.17, 15) is 14.9 Å². The molecule has 0 spiro atoms. The van der Waals surface area contributed by atoms with Crippen LogP contribution >= 0.6 is 11.8 Å². The van der Waals surface area contributed by atoms with Crippen molar-refractivity contribution >= 4 is 29.0 Å². The van der Waals surface area contributed by atoms with Crippen molar-refractivity contribution in [3.8, 4) is 5.75 Å². The normalized spacial score (nSPS) is 10.4. The van der Waals surface area contributed by atoms with E-state index in [1.165, 1.54) is 18.2 Å². The predicted octanol–water partition coefficient (Wildman–Crippen LogP) is 4.93. The number of carbonyl (C=O) groups excluding carboxylic acids is 1. The summed E-state index contributed by atoms with van der Waals surface area (Å²) in [6.45, 7) is 2.04. The first-order chi connectivity index (χ1) is 14.1. The van der Waals surface area contributed by atoms with Crippen LogP contribution in [0.25, 0.3) is 0 Å². The number of nitrogens with one attached hydrogen (secondary N) is 1. The minimum atomic E-state index is -0.559. The van der Waals surface area contributed by atoms with E-state index >= 15 is 0 Å². The highest BCUT2D eigenvalue weighted by Gasteiger charge is 2.18. The van der Waals surface area contributed by atoms with Gasteiger partial charge in [-0.05, 0) is 55.0 Å². The molecular weight excluding hydrogens is 390 g/mol. The van der Waals surface area contributed by atoms with E-state index in [1.807, 2.05) is 30.5 Å². The predicted molar refractivity (Wildman–Crippen MR) is 112 cm³/mol. The number of ether oxygens (including phenoxy) is 1. The molecule has 8 heteroatoms. The van der Waals surface area contributed by atoms with Crippen LogP contribution in [0.1, 0.15) is 22.8 Å². The summed E-state index contributed by atoms with van der Waals surface area (Å²) in [5, 5.41) is 14.0. The van der Waals surface area contributed by atoms with Crippen LogP contribution < -0.4 is 10.1 Å². The van der Waals surface area contributed by atoms with Crippen LogP contribution in [0.5, 0.6) is 5.75 Å². The van der Waals surface area contributed by atoms with Crippen molar-refractivity contribution in [2.45, 2.75) is 17.6 Å². The van der Waals surface area contributed by atoms with Crippen LogP contribution in [0.15, 0.2) is 71.9 Å². The first-order valence-corrected chi connectivity index (χ1v) is 9.89.